The average Bonchev–Trinajstić information content (AvgIpc) is 3.31. The van der Waals surface area contributed by atoms with Crippen molar-refractivity contribution in [3.63, 3.8) is 0 Å². The second-order valence-corrected chi connectivity index (χ2v) is 5.95. The molecule has 3 rings (SSSR count). The highest BCUT2D eigenvalue weighted by Gasteiger charge is 2.37. The first-order valence-electron chi connectivity index (χ1n) is 7.65. The van der Waals surface area contributed by atoms with Crippen LogP contribution in [0.5, 0.6) is 11.5 Å². The highest BCUT2D eigenvalue weighted by molar-refractivity contribution is 5.85. The van der Waals surface area contributed by atoms with Crippen molar-refractivity contribution < 1.29 is 22.6 Å². The molecule has 0 unspecified atom stereocenters. The Hall–Kier alpha value is -1.14. The summed E-state index contributed by atoms with van der Waals surface area (Å²) in [6.07, 6.45) is -0.605. The number of benzene rings is 1. The molecule has 1 aromatic rings. The lowest BCUT2D eigenvalue weighted by Gasteiger charge is -2.26. The molecule has 1 heterocycles. The molecule has 23 heavy (non-hydrogen) atoms. The molecule has 0 radical (unpaired) electrons. The van der Waals surface area contributed by atoms with E-state index in [0.29, 0.717) is 5.75 Å². The number of methoxy groups -OCH3 is 1. The minimum absolute atomic E-state index is 0. The van der Waals surface area contributed by atoms with Crippen LogP contribution >= 0.6 is 12.4 Å². The molecule has 1 atom stereocenters. The molecule has 0 bridgehead atoms. The Morgan fingerprint density at radius 1 is 1.13 bits per heavy atom. The van der Waals surface area contributed by atoms with E-state index in [4.69, 9.17) is 9.47 Å². The zero-order chi connectivity index (χ0) is 15.7. The Morgan fingerprint density at radius 3 is 2.39 bits per heavy atom. The second kappa shape index (κ2) is 7.18. The van der Waals surface area contributed by atoms with Crippen LogP contribution in [0, 0.1) is 0 Å². The summed E-state index contributed by atoms with van der Waals surface area (Å²) < 4.78 is 50.3. The van der Waals surface area contributed by atoms with Crippen LogP contribution in [0.1, 0.15) is 42.7 Å². The van der Waals surface area contributed by atoms with Crippen LogP contribution in [-0.2, 0) is 6.18 Å². The van der Waals surface area contributed by atoms with Gasteiger partial charge in [-0.05, 0) is 44.4 Å². The van der Waals surface area contributed by atoms with Crippen molar-refractivity contribution in [2.45, 2.75) is 43.9 Å². The van der Waals surface area contributed by atoms with Crippen LogP contribution in [0.25, 0.3) is 0 Å². The Kier molecular flexibility index (Phi) is 5.68. The first-order chi connectivity index (χ1) is 10.5. The first kappa shape index (κ1) is 18.2. The number of hydrogen-bond donors (Lipinski definition) is 1. The Bertz CT molecular complexity index is 541. The molecule has 0 spiro atoms. The molecule has 1 N–H and O–H groups in total. The lowest BCUT2D eigenvalue weighted by atomic mass is 9.90. The van der Waals surface area contributed by atoms with Crippen molar-refractivity contribution in [1.82, 2.24) is 5.32 Å². The number of nitrogens with one attached hydrogen (secondary N) is 1. The van der Waals surface area contributed by atoms with Gasteiger partial charge in [-0.1, -0.05) is 0 Å². The Balaban J connectivity index is 0.00000192. The third-order valence-corrected chi connectivity index (χ3v) is 4.19. The average molecular weight is 352 g/mol. The predicted octanol–water partition coefficient (Wildman–Crippen LogP) is 4.14. The number of alkyl halides is 3. The summed E-state index contributed by atoms with van der Waals surface area (Å²) in [5.74, 6) is 0.402. The van der Waals surface area contributed by atoms with Crippen LogP contribution < -0.4 is 14.8 Å². The van der Waals surface area contributed by atoms with E-state index in [-0.39, 0.29) is 30.2 Å². The van der Waals surface area contributed by atoms with Gasteiger partial charge in [0.05, 0.1) is 13.2 Å². The van der Waals surface area contributed by atoms with E-state index >= 15 is 0 Å². The van der Waals surface area contributed by atoms with Crippen molar-refractivity contribution >= 4 is 12.4 Å². The van der Waals surface area contributed by atoms with Gasteiger partial charge in [-0.3, -0.25) is 0 Å². The van der Waals surface area contributed by atoms with Gasteiger partial charge >= 0.3 is 6.18 Å². The standard InChI is InChI=1S/C16H20F3NO2.ClH/c1-21-15-7-12(10-3-2-6-20-9-10)14(22-11-4-5-11)8-13(15)16(17,18)19;/h7-8,10-11,20H,2-6,9H2,1H3;1H/t10-;/m1./s1. The zero-order valence-electron chi connectivity index (χ0n) is 12.9. The van der Waals surface area contributed by atoms with Crippen LogP contribution in [0.15, 0.2) is 12.1 Å². The van der Waals surface area contributed by atoms with E-state index < -0.39 is 11.7 Å². The van der Waals surface area contributed by atoms with Crippen molar-refractivity contribution in [3.8, 4) is 11.5 Å². The highest BCUT2D eigenvalue weighted by atomic mass is 35.5. The van der Waals surface area contributed by atoms with Gasteiger partial charge in [0, 0.05) is 18.0 Å². The number of hydrogen-bond acceptors (Lipinski definition) is 3. The van der Waals surface area contributed by atoms with E-state index in [0.717, 1.165) is 50.4 Å². The monoisotopic (exact) mass is 351 g/mol. The third kappa shape index (κ3) is 4.23. The van der Waals surface area contributed by atoms with Crippen LogP contribution in [0.2, 0.25) is 0 Å². The molecule has 0 aromatic heterocycles. The highest BCUT2D eigenvalue weighted by Crippen LogP contribution is 2.44. The first-order valence-corrected chi connectivity index (χ1v) is 7.65. The van der Waals surface area contributed by atoms with E-state index in [1.807, 2.05) is 0 Å². The third-order valence-electron chi connectivity index (χ3n) is 4.19. The fourth-order valence-corrected chi connectivity index (χ4v) is 2.87. The minimum atomic E-state index is -4.45. The molecule has 2 aliphatic rings. The summed E-state index contributed by atoms with van der Waals surface area (Å²) in [5, 5.41) is 3.29. The van der Waals surface area contributed by atoms with E-state index in [1.165, 1.54) is 13.2 Å². The molecule has 1 aromatic carbocycles. The topological polar surface area (TPSA) is 30.5 Å². The van der Waals surface area contributed by atoms with Crippen LogP contribution in [0.3, 0.4) is 0 Å². The fourth-order valence-electron chi connectivity index (χ4n) is 2.87. The molecule has 7 heteroatoms. The van der Waals surface area contributed by atoms with E-state index in [9.17, 15) is 13.2 Å². The molecule has 2 fully saturated rings. The molecular formula is C16H21ClF3NO2. The molecule has 1 saturated heterocycles. The van der Waals surface area contributed by atoms with Crippen molar-refractivity contribution in [1.29, 1.82) is 0 Å². The van der Waals surface area contributed by atoms with Gasteiger partial charge in [0.25, 0.3) is 0 Å². The largest absolute Gasteiger partial charge is 0.496 e. The number of rotatable bonds is 4. The van der Waals surface area contributed by atoms with Crippen molar-refractivity contribution in [2.75, 3.05) is 20.2 Å². The van der Waals surface area contributed by atoms with Crippen molar-refractivity contribution in [3.05, 3.63) is 23.3 Å². The second-order valence-electron chi connectivity index (χ2n) is 5.95. The van der Waals surface area contributed by atoms with Gasteiger partial charge in [-0.15, -0.1) is 12.4 Å². The summed E-state index contributed by atoms with van der Waals surface area (Å²) in [4.78, 5) is 0. The zero-order valence-corrected chi connectivity index (χ0v) is 13.7. The van der Waals surface area contributed by atoms with Gasteiger partial charge in [-0.2, -0.15) is 13.2 Å². The summed E-state index contributed by atoms with van der Waals surface area (Å²) in [5.41, 5.74) is 0.0575. The molecule has 1 aliphatic carbocycles. The van der Waals surface area contributed by atoms with Crippen LogP contribution in [0.4, 0.5) is 13.2 Å². The predicted molar refractivity (Wildman–Crippen MR) is 83.7 cm³/mol. The Morgan fingerprint density at radius 2 is 1.87 bits per heavy atom. The normalized spacial score (nSPS) is 21.5. The smallest absolute Gasteiger partial charge is 0.420 e. The SMILES string of the molecule is COc1cc([C@@H]2CCCNC2)c(OC2CC2)cc1C(F)(F)F.Cl. The molecule has 1 aliphatic heterocycles. The molecular weight excluding hydrogens is 331 g/mol. The number of ether oxygens (including phenoxy) is 2. The minimum Gasteiger partial charge on any atom is -0.496 e. The van der Waals surface area contributed by atoms with Gasteiger partial charge in [0.15, 0.2) is 0 Å². The van der Waals surface area contributed by atoms with Gasteiger partial charge in [-0.25, -0.2) is 0 Å². The van der Waals surface area contributed by atoms with Gasteiger partial charge in [0.1, 0.15) is 17.1 Å². The Labute approximate surface area is 139 Å². The summed E-state index contributed by atoms with van der Waals surface area (Å²) >= 11 is 0. The molecule has 1 saturated carbocycles. The van der Waals surface area contributed by atoms with Gasteiger partial charge in [0.2, 0.25) is 0 Å². The number of piperidine rings is 1. The maximum absolute atomic E-state index is 13.2. The van der Waals surface area contributed by atoms with Crippen molar-refractivity contribution in [2.24, 2.45) is 0 Å². The molecule has 3 nitrogen and oxygen atoms in total. The lowest BCUT2D eigenvalue weighted by Crippen LogP contribution is -2.28. The fraction of sp³-hybridized carbons (Fsp3) is 0.625. The summed E-state index contributed by atoms with van der Waals surface area (Å²) in [6, 6.07) is 2.62. The number of halogens is 4. The maximum atomic E-state index is 13.2. The maximum Gasteiger partial charge on any atom is 0.420 e. The summed E-state index contributed by atoms with van der Waals surface area (Å²) in [7, 11) is 1.27. The van der Waals surface area contributed by atoms with Gasteiger partial charge < -0.3 is 14.8 Å². The molecule has 130 valence electrons. The van der Waals surface area contributed by atoms with E-state index in [1.54, 1.807) is 0 Å². The van der Waals surface area contributed by atoms with E-state index in [2.05, 4.69) is 5.32 Å². The quantitative estimate of drug-likeness (QED) is 0.884. The summed E-state index contributed by atoms with van der Waals surface area (Å²) in [6.45, 7) is 1.71. The van der Waals surface area contributed by atoms with Crippen LogP contribution in [-0.4, -0.2) is 26.3 Å². The lowest BCUT2D eigenvalue weighted by molar-refractivity contribution is -0.138. The molecule has 0 amide bonds.